The topological polar surface area (TPSA) is 79.8 Å². The van der Waals surface area contributed by atoms with Crippen LogP contribution in [-0.4, -0.2) is 44.7 Å². The van der Waals surface area contributed by atoms with Gasteiger partial charge in [0.1, 0.15) is 0 Å². The van der Waals surface area contributed by atoms with E-state index in [0.717, 1.165) is 0 Å². The average Bonchev–Trinajstić information content (AvgIpc) is 2.73. The summed E-state index contributed by atoms with van der Waals surface area (Å²) in [6.45, 7) is 0. The molecule has 2 N–H and O–H groups in total. The first-order valence-corrected chi connectivity index (χ1v) is 9.57. The van der Waals surface area contributed by atoms with Gasteiger partial charge in [-0.15, -0.1) is 0 Å². The minimum Gasteiger partial charge on any atom is -0.351 e. The lowest BCUT2D eigenvalue weighted by molar-refractivity contribution is -0.116. The Bertz CT molecular complexity index is 799. The highest BCUT2D eigenvalue weighted by molar-refractivity contribution is 6.00. The summed E-state index contributed by atoms with van der Waals surface area (Å²) >= 11 is 0. The van der Waals surface area contributed by atoms with Crippen LogP contribution in [-0.2, 0) is 4.79 Å². The average molecular weight is 417 g/mol. The number of hydrogen-bond donors (Lipinski definition) is 2. The number of allylic oxidation sites excluding steroid dienone is 2. The van der Waals surface area contributed by atoms with Gasteiger partial charge in [0.2, 0.25) is 11.9 Å². The van der Waals surface area contributed by atoms with Crippen LogP contribution in [0.1, 0.15) is 57.2 Å². The van der Waals surface area contributed by atoms with Crippen molar-refractivity contribution >= 4 is 23.3 Å². The van der Waals surface area contributed by atoms with Gasteiger partial charge in [0, 0.05) is 49.8 Å². The van der Waals surface area contributed by atoms with Crippen molar-refractivity contribution in [1.82, 2.24) is 15.0 Å². The van der Waals surface area contributed by atoms with Crippen LogP contribution in [0.3, 0.4) is 0 Å². The molecule has 0 bridgehead atoms. The van der Waals surface area contributed by atoms with Crippen LogP contribution in [0.2, 0.25) is 0 Å². The Kier molecular flexibility index (Phi) is 4.94. The Morgan fingerprint density at radius 1 is 0.793 bits per heavy atom. The highest BCUT2D eigenvalue weighted by Crippen LogP contribution is 2.40. The molecule has 1 aromatic rings. The standard InChI is InChI=1S/C18H20F5N5O/c19-13-11(3-1-2-4-12(13)29)14-26-15(24-9-5-17(20,21)6-9)28-16(27-14)25-10-7-18(22,23)8-10/h9-10H,1-8H2,(H2,24,25,26,27,28). The lowest BCUT2D eigenvalue weighted by Gasteiger charge is -2.36. The maximum absolute atomic E-state index is 14.5. The fourth-order valence-electron chi connectivity index (χ4n) is 3.72. The monoisotopic (exact) mass is 417 g/mol. The van der Waals surface area contributed by atoms with Gasteiger partial charge >= 0.3 is 0 Å². The van der Waals surface area contributed by atoms with Crippen molar-refractivity contribution < 1.29 is 26.7 Å². The Balaban J connectivity index is 1.60. The molecule has 0 unspecified atom stereocenters. The van der Waals surface area contributed by atoms with Crippen molar-refractivity contribution in [2.24, 2.45) is 0 Å². The predicted molar refractivity (Wildman–Crippen MR) is 94.5 cm³/mol. The molecule has 3 aliphatic carbocycles. The summed E-state index contributed by atoms with van der Waals surface area (Å²) in [5, 5.41) is 5.52. The predicted octanol–water partition coefficient (Wildman–Crippen LogP) is 4.11. The van der Waals surface area contributed by atoms with Gasteiger partial charge in [0.15, 0.2) is 17.4 Å². The first-order chi connectivity index (χ1) is 13.6. The van der Waals surface area contributed by atoms with Crippen LogP contribution in [0, 0.1) is 0 Å². The number of carbonyl (C=O) groups is 1. The van der Waals surface area contributed by atoms with Crippen LogP contribution in [0.25, 0.3) is 5.57 Å². The van der Waals surface area contributed by atoms with E-state index in [-0.39, 0.29) is 61.8 Å². The molecule has 1 heterocycles. The molecule has 4 rings (SSSR count). The van der Waals surface area contributed by atoms with E-state index in [1.54, 1.807) is 0 Å². The zero-order valence-electron chi connectivity index (χ0n) is 15.5. The Hall–Kier alpha value is -2.33. The third kappa shape index (κ3) is 4.48. The van der Waals surface area contributed by atoms with Crippen molar-refractivity contribution in [3.05, 3.63) is 11.7 Å². The van der Waals surface area contributed by atoms with Gasteiger partial charge in [-0.05, 0) is 19.3 Å². The van der Waals surface area contributed by atoms with Crippen LogP contribution in [0.4, 0.5) is 33.8 Å². The molecule has 0 aromatic carbocycles. The van der Waals surface area contributed by atoms with E-state index in [1.807, 2.05) is 0 Å². The smallest absolute Gasteiger partial charge is 0.252 e. The lowest BCUT2D eigenvalue weighted by Crippen LogP contribution is -2.45. The van der Waals surface area contributed by atoms with E-state index in [2.05, 4.69) is 25.6 Å². The van der Waals surface area contributed by atoms with Gasteiger partial charge < -0.3 is 10.6 Å². The van der Waals surface area contributed by atoms with Gasteiger partial charge in [-0.3, -0.25) is 4.79 Å². The molecule has 0 radical (unpaired) electrons. The molecular weight excluding hydrogens is 397 g/mol. The fraction of sp³-hybridized carbons (Fsp3) is 0.667. The summed E-state index contributed by atoms with van der Waals surface area (Å²) < 4.78 is 67.0. The summed E-state index contributed by atoms with van der Waals surface area (Å²) in [6.07, 6.45) is -0.125. The van der Waals surface area contributed by atoms with Crippen molar-refractivity contribution in [1.29, 1.82) is 0 Å². The van der Waals surface area contributed by atoms with Crippen molar-refractivity contribution in [3.8, 4) is 0 Å². The van der Waals surface area contributed by atoms with Gasteiger partial charge in [-0.25, -0.2) is 22.0 Å². The molecule has 0 aliphatic heterocycles. The van der Waals surface area contributed by atoms with Crippen LogP contribution in [0.15, 0.2) is 5.83 Å². The zero-order chi connectivity index (χ0) is 20.8. The van der Waals surface area contributed by atoms with E-state index in [1.165, 1.54) is 0 Å². The molecule has 0 amide bonds. The van der Waals surface area contributed by atoms with Crippen LogP contribution >= 0.6 is 0 Å². The summed E-state index contributed by atoms with van der Waals surface area (Å²) in [6, 6.07) is -1.12. The minimum absolute atomic E-state index is 0.0267. The Labute approximate surface area is 163 Å². The second-order valence-corrected chi connectivity index (χ2v) is 7.94. The number of aromatic nitrogens is 3. The number of nitrogens with zero attached hydrogens (tertiary/aromatic N) is 3. The Morgan fingerprint density at radius 2 is 1.28 bits per heavy atom. The number of ketones is 1. The number of alkyl halides is 4. The molecule has 2 fully saturated rings. The first kappa shape index (κ1) is 20.0. The molecule has 158 valence electrons. The van der Waals surface area contributed by atoms with Crippen LogP contribution < -0.4 is 10.6 Å². The molecule has 0 saturated heterocycles. The third-order valence-electron chi connectivity index (χ3n) is 5.34. The SMILES string of the molecule is O=C1CCCCC(c2nc(NC3CC(F)(F)C3)nc(NC3CC(F)(F)C3)n2)=C1F. The van der Waals surface area contributed by atoms with Gasteiger partial charge in [0.25, 0.3) is 11.8 Å². The number of halogens is 5. The zero-order valence-corrected chi connectivity index (χ0v) is 15.5. The highest BCUT2D eigenvalue weighted by atomic mass is 19.3. The van der Waals surface area contributed by atoms with Crippen molar-refractivity contribution in [2.75, 3.05) is 10.6 Å². The van der Waals surface area contributed by atoms with Gasteiger partial charge in [0.05, 0.1) is 0 Å². The third-order valence-corrected chi connectivity index (χ3v) is 5.34. The van der Waals surface area contributed by atoms with Crippen molar-refractivity contribution in [2.45, 2.75) is 75.3 Å². The van der Waals surface area contributed by atoms with Gasteiger partial charge in [-0.1, -0.05) is 0 Å². The molecular formula is C18H20F5N5O. The molecule has 2 saturated carbocycles. The minimum atomic E-state index is -2.76. The number of nitrogens with one attached hydrogen (secondary N) is 2. The summed E-state index contributed by atoms with van der Waals surface area (Å²) in [7, 11) is 0. The van der Waals surface area contributed by atoms with E-state index in [4.69, 9.17) is 0 Å². The second kappa shape index (κ2) is 7.17. The number of rotatable bonds is 5. The first-order valence-electron chi connectivity index (χ1n) is 9.57. The van der Waals surface area contributed by atoms with Crippen LogP contribution in [0.5, 0.6) is 0 Å². The maximum atomic E-state index is 14.5. The quantitative estimate of drug-likeness (QED) is 0.702. The molecule has 1 aromatic heterocycles. The van der Waals surface area contributed by atoms with Gasteiger partial charge in [-0.2, -0.15) is 15.0 Å². The Morgan fingerprint density at radius 3 is 1.76 bits per heavy atom. The fourth-order valence-corrected chi connectivity index (χ4v) is 3.72. The summed E-state index contributed by atoms with van der Waals surface area (Å²) in [5.74, 6) is -7.27. The van der Waals surface area contributed by atoms with E-state index in [0.29, 0.717) is 12.8 Å². The normalized spacial score (nSPS) is 24.5. The molecule has 3 aliphatic rings. The number of carbonyl (C=O) groups excluding carboxylic acids is 1. The largest absolute Gasteiger partial charge is 0.351 e. The number of Topliss-reactive ketones (excluding diaryl/α,β-unsaturated/α-hetero) is 1. The summed E-state index contributed by atoms with van der Waals surface area (Å²) in [4.78, 5) is 24.2. The highest BCUT2D eigenvalue weighted by Gasteiger charge is 2.46. The lowest BCUT2D eigenvalue weighted by atomic mass is 9.88. The molecule has 0 atom stereocenters. The van der Waals surface area contributed by atoms with Crippen molar-refractivity contribution in [3.63, 3.8) is 0 Å². The van der Waals surface area contributed by atoms with E-state index >= 15 is 0 Å². The second-order valence-electron chi connectivity index (χ2n) is 7.94. The number of hydrogen-bond acceptors (Lipinski definition) is 6. The molecule has 29 heavy (non-hydrogen) atoms. The number of anilines is 2. The molecule has 0 spiro atoms. The molecule has 6 nitrogen and oxygen atoms in total. The summed E-state index contributed by atoms with van der Waals surface area (Å²) in [5.41, 5.74) is 0.0267. The van der Waals surface area contributed by atoms with E-state index in [9.17, 15) is 26.7 Å². The van der Waals surface area contributed by atoms with E-state index < -0.39 is 35.5 Å². The molecule has 11 heteroatoms. The maximum Gasteiger partial charge on any atom is 0.252 e.